The van der Waals surface area contributed by atoms with Crippen LogP contribution in [0.5, 0.6) is 0 Å². The molecular formula is C25H31IN4O2. The highest BCUT2D eigenvalue weighted by molar-refractivity contribution is 14.0. The first kappa shape index (κ1) is 24.3. The van der Waals surface area contributed by atoms with Gasteiger partial charge in [-0.05, 0) is 37.1 Å². The van der Waals surface area contributed by atoms with E-state index in [0.717, 1.165) is 43.3 Å². The van der Waals surface area contributed by atoms with Gasteiger partial charge < -0.3 is 19.4 Å². The van der Waals surface area contributed by atoms with Crippen LogP contribution in [0.25, 0.3) is 11.5 Å². The molecule has 1 atom stereocenters. The van der Waals surface area contributed by atoms with Crippen LogP contribution in [0.15, 0.2) is 64.2 Å². The number of rotatable bonds is 5. The van der Waals surface area contributed by atoms with Crippen molar-refractivity contribution in [3.63, 3.8) is 0 Å². The highest BCUT2D eigenvalue weighted by Gasteiger charge is 2.25. The van der Waals surface area contributed by atoms with E-state index in [1.807, 2.05) is 19.2 Å². The van der Waals surface area contributed by atoms with Gasteiger partial charge in [0.1, 0.15) is 12.4 Å². The summed E-state index contributed by atoms with van der Waals surface area (Å²) in [5, 5.41) is 3.47. The molecule has 2 aromatic carbocycles. The van der Waals surface area contributed by atoms with Crippen molar-refractivity contribution in [2.24, 2.45) is 4.99 Å². The minimum absolute atomic E-state index is 0. The van der Waals surface area contributed by atoms with E-state index in [0.29, 0.717) is 12.5 Å². The number of aromatic nitrogens is 1. The summed E-state index contributed by atoms with van der Waals surface area (Å²) in [6.45, 7) is 7.23. The molecule has 1 aliphatic heterocycles. The molecule has 0 spiro atoms. The third kappa shape index (κ3) is 5.89. The van der Waals surface area contributed by atoms with Crippen molar-refractivity contribution in [3.8, 4) is 11.5 Å². The van der Waals surface area contributed by atoms with Crippen molar-refractivity contribution in [1.29, 1.82) is 0 Å². The van der Waals surface area contributed by atoms with E-state index >= 15 is 0 Å². The lowest BCUT2D eigenvalue weighted by Gasteiger charge is -2.35. The van der Waals surface area contributed by atoms with Gasteiger partial charge in [-0.25, -0.2) is 4.98 Å². The molecule has 0 radical (unpaired) electrons. The Hall–Kier alpha value is -2.39. The van der Waals surface area contributed by atoms with Gasteiger partial charge >= 0.3 is 0 Å². The van der Waals surface area contributed by atoms with Crippen molar-refractivity contribution in [2.45, 2.75) is 26.4 Å². The predicted octanol–water partition coefficient (Wildman–Crippen LogP) is 4.77. The van der Waals surface area contributed by atoms with E-state index in [2.05, 4.69) is 70.4 Å². The second-order valence-electron chi connectivity index (χ2n) is 7.90. The summed E-state index contributed by atoms with van der Waals surface area (Å²) in [6.07, 6.45) is 2.56. The third-order valence-corrected chi connectivity index (χ3v) is 5.63. The topological polar surface area (TPSA) is 62.9 Å². The maximum atomic E-state index is 6.05. The van der Waals surface area contributed by atoms with Gasteiger partial charge in [0.15, 0.2) is 5.96 Å². The molecule has 170 valence electrons. The molecule has 32 heavy (non-hydrogen) atoms. The minimum Gasteiger partial charge on any atom is -0.444 e. The SMILES string of the molecule is CN=C(NCCc1coc(-c2ccc(C)cc2)n1)N1CCOC(c2ccccc2C)C1.I. The molecular weight excluding hydrogens is 515 g/mol. The van der Waals surface area contributed by atoms with Gasteiger partial charge in [0.25, 0.3) is 0 Å². The Labute approximate surface area is 207 Å². The summed E-state index contributed by atoms with van der Waals surface area (Å²) in [6, 6.07) is 16.6. The van der Waals surface area contributed by atoms with Crippen molar-refractivity contribution >= 4 is 29.9 Å². The number of aryl methyl sites for hydroxylation is 2. The lowest BCUT2D eigenvalue weighted by molar-refractivity contribution is -0.00829. The Morgan fingerprint density at radius 2 is 1.94 bits per heavy atom. The van der Waals surface area contributed by atoms with E-state index in [1.165, 1.54) is 16.7 Å². The average Bonchev–Trinajstić information content (AvgIpc) is 3.26. The fourth-order valence-electron chi connectivity index (χ4n) is 3.86. The normalized spacial score (nSPS) is 16.5. The van der Waals surface area contributed by atoms with Crippen LogP contribution < -0.4 is 5.32 Å². The van der Waals surface area contributed by atoms with Crippen LogP contribution in [0.3, 0.4) is 0 Å². The average molecular weight is 546 g/mol. The molecule has 1 fully saturated rings. The molecule has 0 bridgehead atoms. The highest BCUT2D eigenvalue weighted by Crippen LogP contribution is 2.25. The number of nitrogens with one attached hydrogen (secondary N) is 1. The number of hydrogen-bond donors (Lipinski definition) is 1. The van der Waals surface area contributed by atoms with Crippen LogP contribution in [0.4, 0.5) is 0 Å². The van der Waals surface area contributed by atoms with Crippen LogP contribution in [0.2, 0.25) is 0 Å². The molecule has 4 rings (SSSR count). The number of oxazole rings is 1. The summed E-state index contributed by atoms with van der Waals surface area (Å²) in [7, 11) is 1.83. The maximum Gasteiger partial charge on any atom is 0.226 e. The van der Waals surface area contributed by atoms with Gasteiger partial charge in [0, 0.05) is 32.1 Å². The molecule has 3 aromatic rings. The van der Waals surface area contributed by atoms with Crippen molar-refractivity contribution in [3.05, 3.63) is 77.2 Å². The van der Waals surface area contributed by atoms with E-state index in [1.54, 1.807) is 6.26 Å². The number of ether oxygens (including phenoxy) is 1. The van der Waals surface area contributed by atoms with Crippen molar-refractivity contribution in [2.75, 3.05) is 33.3 Å². The Morgan fingerprint density at radius 3 is 2.69 bits per heavy atom. The lowest BCUT2D eigenvalue weighted by Crippen LogP contribution is -2.48. The molecule has 6 nitrogen and oxygen atoms in total. The first-order valence-corrected chi connectivity index (χ1v) is 10.8. The van der Waals surface area contributed by atoms with Crippen LogP contribution in [-0.4, -0.2) is 49.1 Å². The zero-order valence-electron chi connectivity index (χ0n) is 18.9. The molecule has 0 aliphatic carbocycles. The molecule has 2 heterocycles. The summed E-state index contributed by atoms with van der Waals surface area (Å²) in [4.78, 5) is 11.4. The van der Waals surface area contributed by atoms with Crippen molar-refractivity contribution < 1.29 is 9.15 Å². The van der Waals surface area contributed by atoms with E-state index in [4.69, 9.17) is 9.15 Å². The van der Waals surface area contributed by atoms with E-state index < -0.39 is 0 Å². The van der Waals surface area contributed by atoms with E-state index in [-0.39, 0.29) is 30.1 Å². The zero-order chi connectivity index (χ0) is 21.6. The Bertz CT molecular complexity index is 1030. The molecule has 1 unspecified atom stereocenters. The van der Waals surface area contributed by atoms with Gasteiger partial charge in [0.2, 0.25) is 5.89 Å². The summed E-state index contributed by atoms with van der Waals surface area (Å²) in [5.41, 5.74) is 5.65. The Balaban J connectivity index is 0.00000289. The summed E-state index contributed by atoms with van der Waals surface area (Å²) < 4.78 is 11.7. The van der Waals surface area contributed by atoms with Gasteiger partial charge in [-0.3, -0.25) is 4.99 Å². The van der Waals surface area contributed by atoms with Gasteiger partial charge in [-0.1, -0.05) is 42.0 Å². The Kier molecular flexibility index (Phi) is 8.69. The molecule has 1 aromatic heterocycles. The number of hydrogen-bond acceptors (Lipinski definition) is 4. The highest BCUT2D eigenvalue weighted by atomic mass is 127. The van der Waals surface area contributed by atoms with Crippen molar-refractivity contribution in [1.82, 2.24) is 15.2 Å². The third-order valence-electron chi connectivity index (χ3n) is 5.63. The van der Waals surface area contributed by atoms with Crippen LogP contribution in [-0.2, 0) is 11.2 Å². The predicted molar refractivity (Wildman–Crippen MR) is 139 cm³/mol. The molecule has 0 amide bonds. The standard InChI is InChI=1S/C25H30N4O2.HI/c1-18-8-10-20(11-9-18)24-28-21(17-31-24)12-13-27-25(26-3)29-14-15-30-23(16-29)22-7-5-4-6-19(22)2;/h4-11,17,23H,12-16H2,1-3H3,(H,26,27);1H. The van der Waals surface area contributed by atoms with Crippen LogP contribution in [0.1, 0.15) is 28.5 Å². The fraction of sp³-hybridized carbons (Fsp3) is 0.360. The zero-order valence-corrected chi connectivity index (χ0v) is 21.2. The second-order valence-corrected chi connectivity index (χ2v) is 7.90. The number of halogens is 1. The molecule has 1 aliphatic rings. The molecule has 7 heteroatoms. The van der Waals surface area contributed by atoms with Gasteiger partial charge in [-0.2, -0.15) is 0 Å². The lowest BCUT2D eigenvalue weighted by atomic mass is 10.0. The number of morpholine rings is 1. The summed E-state index contributed by atoms with van der Waals surface area (Å²) in [5.74, 6) is 1.55. The maximum absolute atomic E-state index is 6.05. The van der Waals surface area contributed by atoms with Crippen LogP contribution >= 0.6 is 24.0 Å². The number of guanidine groups is 1. The number of aliphatic imine (C=N–C) groups is 1. The van der Waals surface area contributed by atoms with E-state index in [9.17, 15) is 0 Å². The Morgan fingerprint density at radius 1 is 1.16 bits per heavy atom. The first-order chi connectivity index (χ1) is 15.1. The molecule has 0 saturated carbocycles. The number of benzene rings is 2. The molecule has 1 saturated heterocycles. The minimum atomic E-state index is 0. The largest absolute Gasteiger partial charge is 0.444 e. The fourth-order valence-corrected chi connectivity index (χ4v) is 3.86. The second kappa shape index (κ2) is 11.5. The van der Waals surface area contributed by atoms with Crippen LogP contribution in [0, 0.1) is 13.8 Å². The smallest absolute Gasteiger partial charge is 0.226 e. The number of nitrogens with zero attached hydrogens (tertiary/aromatic N) is 3. The van der Waals surface area contributed by atoms with Gasteiger partial charge in [-0.15, -0.1) is 24.0 Å². The molecule has 1 N–H and O–H groups in total. The van der Waals surface area contributed by atoms with Gasteiger partial charge in [0.05, 0.1) is 18.8 Å². The monoisotopic (exact) mass is 546 g/mol. The first-order valence-electron chi connectivity index (χ1n) is 10.8. The quantitative estimate of drug-likeness (QED) is 0.284. The summed E-state index contributed by atoms with van der Waals surface area (Å²) >= 11 is 0.